The Hall–Kier alpha value is -2.58. The van der Waals surface area contributed by atoms with E-state index in [0.29, 0.717) is 16.8 Å². The van der Waals surface area contributed by atoms with Crippen molar-refractivity contribution in [3.63, 3.8) is 0 Å². The lowest BCUT2D eigenvalue weighted by Crippen LogP contribution is -2.03. The SMILES string of the molecule is COc1ccc(/C=C2\C(=O)Nc3cc(C#N)ccc32)cc1Br. The van der Waals surface area contributed by atoms with Crippen molar-refractivity contribution in [1.82, 2.24) is 0 Å². The van der Waals surface area contributed by atoms with Gasteiger partial charge in [0.05, 0.1) is 28.9 Å². The van der Waals surface area contributed by atoms with Gasteiger partial charge in [-0.2, -0.15) is 5.26 Å². The molecular weight excluding hydrogens is 344 g/mol. The second kappa shape index (κ2) is 5.66. The molecule has 0 spiro atoms. The molecule has 0 unspecified atom stereocenters. The zero-order valence-electron chi connectivity index (χ0n) is 11.7. The Kier molecular flexibility index (Phi) is 3.70. The second-order valence-corrected chi connectivity index (χ2v) is 5.63. The Bertz CT molecular complexity index is 850. The highest BCUT2D eigenvalue weighted by molar-refractivity contribution is 9.10. The summed E-state index contributed by atoms with van der Waals surface area (Å²) < 4.78 is 6.02. The molecule has 2 aromatic rings. The van der Waals surface area contributed by atoms with Crippen LogP contribution >= 0.6 is 15.9 Å². The van der Waals surface area contributed by atoms with E-state index in [0.717, 1.165) is 21.3 Å². The maximum Gasteiger partial charge on any atom is 0.256 e. The molecule has 0 saturated carbocycles. The van der Waals surface area contributed by atoms with Crippen molar-refractivity contribution in [3.05, 3.63) is 57.6 Å². The summed E-state index contributed by atoms with van der Waals surface area (Å²) in [7, 11) is 1.60. The summed E-state index contributed by atoms with van der Waals surface area (Å²) in [4.78, 5) is 12.1. The monoisotopic (exact) mass is 354 g/mol. The first kappa shape index (κ1) is 14.4. The first-order valence-corrected chi connectivity index (χ1v) is 7.33. The van der Waals surface area contributed by atoms with Crippen LogP contribution in [0.5, 0.6) is 5.75 Å². The van der Waals surface area contributed by atoms with E-state index in [1.807, 2.05) is 24.3 Å². The van der Waals surface area contributed by atoms with Crippen molar-refractivity contribution < 1.29 is 9.53 Å². The van der Waals surface area contributed by atoms with Gasteiger partial charge in [-0.15, -0.1) is 0 Å². The van der Waals surface area contributed by atoms with Crippen LogP contribution in [0, 0.1) is 11.3 Å². The summed E-state index contributed by atoms with van der Waals surface area (Å²) >= 11 is 3.43. The van der Waals surface area contributed by atoms with Gasteiger partial charge in [0, 0.05) is 11.1 Å². The number of halogens is 1. The molecule has 0 aromatic heterocycles. The highest BCUT2D eigenvalue weighted by Gasteiger charge is 2.24. The number of nitrogens with one attached hydrogen (secondary N) is 1. The molecular formula is C17H11BrN2O2. The molecule has 0 aliphatic carbocycles. The highest BCUT2D eigenvalue weighted by Crippen LogP contribution is 2.34. The predicted octanol–water partition coefficient (Wildman–Crippen LogP) is 3.82. The minimum Gasteiger partial charge on any atom is -0.496 e. The maximum absolute atomic E-state index is 12.1. The molecule has 3 rings (SSSR count). The Labute approximate surface area is 136 Å². The zero-order valence-corrected chi connectivity index (χ0v) is 13.3. The molecule has 0 atom stereocenters. The van der Waals surface area contributed by atoms with Gasteiger partial charge in [-0.05, 0) is 51.8 Å². The third-order valence-electron chi connectivity index (χ3n) is 3.42. The smallest absolute Gasteiger partial charge is 0.256 e. The number of rotatable bonds is 2. The largest absolute Gasteiger partial charge is 0.496 e. The van der Waals surface area contributed by atoms with Crippen LogP contribution in [0.15, 0.2) is 40.9 Å². The van der Waals surface area contributed by atoms with Crippen molar-refractivity contribution in [1.29, 1.82) is 5.26 Å². The van der Waals surface area contributed by atoms with Gasteiger partial charge >= 0.3 is 0 Å². The Balaban J connectivity index is 2.04. The minimum absolute atomic E-state index is 0.169. The van der Waals surface area contributed by atoms with E-state index in [1.165, 1.54) is 0 Å². The van der Waals surface area contributed by atoms with Crippen molar-refractivity contribution >= 4 is 39.2 Å². The molecule has 2 aromatic carbocycles. The lowest BCUT2D eigenvalue weighted by Gasteiger charge is -2.04. The number of hydrogen-bond donors (Lipinski definition) is 1. The summed E-state index contributed by atoms with van der Waals surface area (Å²) in [6.07, 6.45) is 1.82. The molecule has 5 heteroatoms. The number of ether oxygens (including phenoxy) is 1. The van der Waals surface area contributed by atoms with Gasteiger partial charge in [-0.1, -0.05) is 12.1 Å². The van der Waals surface area contributed by atoms with Crippen LogP contribution in [0.4, 0.5) is 5.69 Å². The number of methoxy groups -OCH3 is 1. The molecule has 108 valence electrons. The summed E-state index contributed by atoms with van der Waals surface area (Å²) in [6.45, 7) is 0. The minimum atomic E-state index is -0.169. The standard InChI is InChI=1S/C17H11BrN2O2/c1-22-16-5-3-10(7-14(16)18)6-13-12-4-2-11(9-19)8-15(12)20-17(13)21/h2-8H,1H3,(H,20,21)/b13-6-. The Morgan fingerprint density at radius 3 is 2.77 bits per heavy atom. The van der Waals surface area contributed by atoms with Crippen LogP contribution in [0.25, 0.3) is 11.6 Å². The van der Waals surface area contributed by atoms with Gasteiger partial charge in [-0.25, -0.2) is 0 Å². The van der Waals surface area contributed by atoms with Gasteiger partial charge in [0.2, 0.25) is 0 Å². The summed E-state index contributed by atoms with van der Waals surface area (Å²) in [6, 6.07) is 12.8. The molecule has 4 nitrogen and oxygen atoms in total. The lowest BCUT2D eigenvalue weighted by molar-refractivity contribution is -0.110. The Morgan fingerprint density at radius 2 is 2.09 bits per heavy atom. The molecule has 22 heavy (non-hydrogen) atoms. The topological polar surface area (TPSA) is 62.1 Å². The summed E-state index contributed by atoms with van der Waals surface area (Å²) in [5, 5.41) is 11.7. The maximum atomic E-state index is 12.1. The van der Waals surface area contributed by atoms with E-state index in [1.54, 1.807) is 25.3 Å². The average Bonchev–Trinajstić information content (AvgIpc) is 2.82. The quantitative estimate of drug-likeness (QED) is 0.833. The Morgan fingerprint density at radius 1 is 1.27 bits per heavy atom. The highest BCUT2D eigenvalue weighted by atomic mass is 79.9. The van der Waals surface area contributed by atoms with Crippen LogP contribution in [0.3, 0.4) is 0 Å². The number of anilines is 1. The number of carbonyl (C=O) groups excluding carboxylic acids is 1. The van der Waals surface area contributed by atoms with Crippen LogP contribution in [0.2, 0.25) is 0 Å². The van der Waals surface area contributed by atoms with Crippen LogP contribution in [0.1, 0.15) is 16.7 Å². The van der Waals surface area contributed by atoms with Crippen LogP contribution in [-0.4, -0.2) is 13.0 Å². The summed E-state index contributed by atoms with van der Waals surface area (Å²) in [5.74, 6) is 0.564. The number of amides is 1. The summed E-state index contributed by atoms with van der Waals surface area (Å²) in [5.41, 5.74) is 3.46. The number of benzene rings is 2. The second-order valence-electron chi connectivity index (χ2n) is 4.78. The molecule has 0 radical (unpaired) electrons. The van der Waals surface area contributed by atoms with Gasteiger partial charge in [0.15, 0.2) is 0 Å². The lowest BCUT2D eigenvalue weighted by atomic mass is 10.0. The number of hydrogen-bond acceptors (Lipinski definition) is 3. The fourth-order valence-electron chi connectivity index (χ4n) is 2.35. The molecule has 1 amide bonds. The normalized spacial score (nSPS) is 14.4. The third-order valence-corrected chi connectivity index (χ3v) is 4.04. The molecule has 1 aliphatic heterocycles. The number of nitrogens with zero attached hydrogens (tertiary/aromatic N) is 1. The molecule has 1 heterocycles. The number of nitriles is 1. The van der Waals surface area contributed by atoms with Gasteiger partial charge in [0.1, 0.15) is 5.75 Å². The fourth-order valence-corrected chi connectivity index (χ4v) is 2.90. The first-order valence-electron chi connectivity index (χ1n) is 6.53. The first-order chi connectivity index (χ1) is 10.6. The van der Waals surface area contributed by atoms with E-state index in [2.05, 4.69) is 27.3 Å². The van der Waals surface area contributed by atoms with Gasteiger partial charge < -0.3 is 10.1 Å². The predicted molar refractivity (Wildman–Crippen MR) is 88.4 cm³/mol. The molecule has 0 bridgehead atoms. The van der Waals surface area contributed by atoms with Crippen LogP contribution < -0.4 is 10.1 Å². The van der Waals surface area contributed by atoms with E-state index in [9.17, 15) is 4.79 Å². The average molecular weight is 355 g/mol. The van der Waals surface area contributed by atoms with E-state index >= 15 is 0 Å². The zero-order chi connectivity index (χ0) is 15.7. The van der Waals surface area contributed by atoms with Gasteiger partial charge in [0.25, 0.3) is 5.91 Å². The van der Waals surface area contributed by atoms with Crippen molar-refractivity contribution in [3.8, 4) is 11.8 Å². The molecule has 1 aliphatic rings. The van der Waals surface area contributed by atoms with Crippen molar-refractivity contribution in [2.24, 2.45) is 0 Å². The molecule has 0 saturated heterocycles. The van der Waals surface area contributed by atoms with Crippen molar-refractivity contribution in [2.75, 3.05) is 12.4 Å². The van der Waals surface area contributed by atoms with Crippen molar-refractivity contribution in [2.45, 2.75) is 0 Å². The number of fused-ring (bicyclic) bond motifs is 1. The molecule has 0 fully saturated rings. The van der Waals surface area contributed by atoms with E-state index in [4.69, 9.17) is 10.00 Å². The molecule has 1 N–H and O–H groups in total. The number of carbonyl (C=O) groups is 1. The van der Waals surface area contributed by atoms with E-state index in [-0.39, 0.29) is 5.91 Å². The van der Waals surface area contributed by atoms with E-state index < -0.39 is 0 Å². The van der Waals surface area contributed by atoms with Gasteiger partial charge in [-0.3, -0.25) is 4.79 Å². The van der Waals surface area contributed by atoms with Crippen LogP contribution in [-0.2, 0) is 4.79 Å². The fraction of sp³-hybridized carbons (Fsp3) is 0.0588. The third kappa shape index (κ3) is 2.49.